The Balaban J connectivity index is 1.29. The third-order valence-electron chi connectivity index (χ3n) is 12.9. The quantitative estimate of drug-likeness (QED) is 0.331. The van der Waals surface area contributed by atoms with Gasteiger partial charge in [0.05, 0.1) is 19.2 Å². The molecule has 10 rings (SSSR count). The van der Waals surface area contributed by atoms with Crippen molar-refractivity contribution in [3.8, 4) is 28.7 Å². The number of methoxy groups -OCH3 is 1. The molecular formula is C39H45N3O7S. The third kappa shape index (κ3) is 4.12. The lowest BCUT2D eigenvalue weighted by atomic mass is 9.73. The Kier molecular flexibility index (Phi) is 7.22. The Morgan fingerprint density at radius 3 is 2.50 bits per heavy atom. The van der Waals surface area contributed by atoms with Gasteiger partial charge in [-0.3, -0.25) is 14.7 Å². The summed E-state index contributed by atoms with van der Waals surface area (Å²) in [4.78, 5) is 21.9. The zero-order valence-electron chi connectivity index (χ0n) is 29.8. The highest BCUT2D eigenvalue weighted by molar-refractivity contribution is 7.99. The number of benzene rings is 3. The van der Waals surface area contributed by atoms with E-state index >= 15 is 0 Å². The number of carbonyl (C=O) groups excluding carboxylic acids is 1. The monoisotopic (exact) mass is 699 g/mol. The molecule has 0 aliphatic carbocycles. The number of aryl methyl sites for hydroxylation is 2. The molecule has 50 heavy (non-hydrogen) atoms. The number of fused-ring (bicyclic) bond motifs is 9. The Bertz CT molecular complexity index is 1980. The first-order chi connectivity index (χ1) is 24.0. The number of phenolic OH excluding ortho intramolecular Hbond substituents is 2. The van der Waals surface area contributed by atoms with E-state index < -0.39 is 5.54 Å². The summed E-state index contributed by atoms with van der Waals surface area (Å²) in [7, 11) is 5.84. The Morgan fingerprint density at radius 1 is 0.940 bits per heavy atom. The number of carbonyl (C=O) groups is 1. The number of thioether (sulfide) groups is 1. The van der Waals surface area contributed by atoms with Crippen LogP contribution in [-0.2, 0) is 27.9 Å². The van der Waals surface area contributed by atoms with Crippen LogP contribution in [0.25, 0.3) is 0 Å². The fraction of sp³-hybridized carbons (Fsp3) is 0.513. The number of hydrogen-bond donors (Lipinski definition) is 2. The zero-order valence-corrected chi connectivity index (χ0v) is 30.6. The number of likely N-dealkylation sites (N-methyl/N-ethyl adjacent to an activating group) is 2. The molecule has 3 aromatic rings. The molecule has 0 saturated carbocycles. The van der Waals surface area contributed by atoms with Gasteiger partial charge >= 0.3 is 5.97 Å². The fourth-order valence-corrected chi connectivity index (χ4v) is 12.0. The van der Waals surface area contributed by atoms with Crippen LogP contribution >= 0.6 is 11.8 Å². The lowest BCUT2D eigenvalue weighted by molar-refractivity contribution is -0.162. The standard InChI is InChI=1S/C39H45N3O7S/c1-18-11-25-22(13-27(18)43)8-9-40(5)39(25)16-50-37-28-20(3)21(4)35-36(49-17-48-35)30(28)26(15-47-38(39)45)42-14-24-12-23-10-19(2)34(46-7)33(44)29(23)31(32(37)42)41(24)6/h10-11,13,24,26,31-32,37,43-44H,8-9,12,14-17H2,1-7H3/t24-,26-,31+,32?,37+,39+/m0/s1. The molecule has 10 nitrogen and oxygen atoms in total. The van der Waals surface area contributed by atoms with Crippen molar-refractivity contribution in [1.29, 1.82) is 0 Å². The van der Waals surface area contributed by atoms with Crippen LogP contribution in [0.15, 0.2) is 18.2 Å². The first kappa shape index (κ1) is 32.3. The minimum Gasteiger partial charge on any atom is -0.508 e. The lowest BCUT2D eigenvalue weighted by Crippen LogP contribution is -2.65. The van der Waals surface area contributed by atoms with Crippen LogP contribution in [-0.4, -0.2) is 96.4 Å². The van der Waals surface area contributed by atoms with Crippen molar-refractivity contribution >= 4 is 17.7 Å². The van der Waals surface area contributed by atoms with E-state index in [0.29, 0.717) is 18.0 Å². The fourth-order valence-electron chi connectivity index (χ4n) is 10.1. The van der Waals surface area contributed by atoms with Gasteiger partial charge in [0.1, 0.15) is 12.4 Å². The average Bonchev–Trinajstić information content (AvgIpc) is 3.57. The van der Waals surface area contributed by atoms with Crippen LogP contribution in [0.3, 0.4) is 0 Å². The van der Waals surface area contributed by atoms with E-state index in [1.165, 1.54) is 11.1 Å². The molecule has 264 valence electrons. The Morgan fingerprint density at radius 2 is 1.72 bits per heavy atom. The van der Waals surface area contributed by atoms with E-state index in [0.717, 1.165) is 75.4 Å². The number of hydrogen-bond acceptors (Lipinski definition) is 11. The predicted molar refractivity (Wildman–Crippen MR) is 190 cm³/mol. The third-order valence-corrected chi connectivity index (χ3v) is 14.3. The molecule has 7 aliphatic rings. The molecule has 7 aliphatic heterocycles. The molecule has 2 saturated heterocycles. The van der Waals surface area contributed by atoms with Crippen molar-refractivity contribution in [2.75, 3.05) is 53.4 Å². The van der Waals surface area contributed by atoms with Crippen molar-refractivity contribution in [2.45, 2.75) is 75.5 Å². The maximum absolute atomic E-state index is 14.8. The molecular weight excluding hydrogens is 655 g/mol. The first-order valence-corrected chi connectivity index (χ1v) is 18.6. The van der Waals surface area contributed by atoms with Gasteiger partial charge in [-0.2, -0.15) is 0 Å². The highest BCUT2D eigenvalue weighted by Gasteiger charge is 2.59. The van der Waals surface area contributed by atoms with Crippen molar-refractivity contribution in [1.82, 2.24) is 14.7 Å². The smallest absolute Gasteiger partial charge is 0.332 e. The second kappa shape index (κ2) is 11.2. The summed E-state index contributed by atoms with van der Waals surface area (Å²) in [5.41, 5.74) is 9.13. The van der Waals surface area contributed by atoms with Crippen LogP contribution in [0.1, 0.15) is 73.0 Å². The van der Waals surface area contributed by atoms with Crippen LogP contribution in [0, 0.1) is 27.7 Å². The second-order valence-electron chi connectivity index (χ2n) is 15.1. The highest BCUT2D eigenvalue weighted by Crippen LogP contribution is 2.62. The van der Waals surface area contributed by atoms with Gasteiger partial charge in [0.15, 0.2) is 28.5 Å². The van der Waals surface area contributed by atoms with Crippen molar-refractivity contribution in [3.05, 3.63) is 73.8 Å². The number of esters is 1. The molecule has 4 bridgehead atoms. The molecule has 0 radical (unpaired) electrons. The molecule has 2 N–H and O–H groups in total. The summed E-state index contributed by atoms with van der Waals surface area (Å²) in [6, 6.07) is 5.71. The summed E-state index contributed by atoms with van der Waals surface area (Å²) in [5.74, 6) is 2.71. The molecule has 6 atom stereocenters. The number of ether oxygens (including phenoxy) is 4. The van der Waals surface area contributed by atoms with E-state index in [2.05, 4.69) is 41.7 Å². The second-order valence-corrected chi connectivity index (χ2v) is 16.2. The van der Waals surface area contributed by atoms with E-state index in [4.69, 9.17) is 18.9 Å². The van der Waals surface area contributed by atoms with Gasteiger partial charge in [0, 0.05) is 47.3 Å². The first-order valence-electron chi connectivity index (χ1n) is 17.6. The Hall–Kier alpha value is -3.64. The van der Waals surface area contributed by atoms with Crippen molar-refractivity contribution in [3.63, 3.8) is 0 Å². The number of nitrogens with zero attached hydrogens (tertiary/aromatic N) is 3. The lowest BCUT2D eigenvalue weighted by Gasteiger charge is -2.60. The summed E-state index contributed by atoms with van der Waals surface area (Å²) >= 11 is 1.80. The summed E-state index contributed by atoms with van der Waals surface area (Å²) in [5, 5.41) is 22.6. The predicted octanol–water partition coefficient (Wildman–Crippen LogP) is 5.12. The van der Waals surface area contributed by atoms with Gasteiger partial charge in [-0.25, -0.2) is 4.79 Å². The maximum atomic E-state index is 14.8. The number of rotatable bonds is 1. The van der Waals surface area contributed by atoms with Crippen LogP contribution in [0.5, 0.6) is 28.7 Å². The molecule has 11 heteroatoms. The summed E-state index contributed by atoms with van der Waals surface area (Å²) in [6.07, 6.45) is 1.53. The number of piperazine rings is 1. The topological polar surface area (TPSA) is 104 Å². The average molecular weight is 700 g/mol. The summed E-state index contributed by atoms with van der Waals surface area (Å²) < 4.78 is 24.8. The normalized spacial score (nSPS) is 30.0. The van der Waals surface area contributed by atoms with Crippen molar-refractivity contribution in [2.24, 2.45) is 0 Å². The number of phenols is 2. The van der Waals surface area contributed by atoms with Gasteiger partial charge in [0.2, 0.25) is 6.79 Å². The summed E-state index contributed by atoms with van der Waals surface area (Å²) in [6.45, 7) is 9.93. The van der Waals surface area contributed by atoms with E-state index in [1.54, 1.807) is 18.9 Å². The molecule has 2 fully saturated rings. The van der Waals surface area contributed by atoms with E-state index in [1.807, 2.05) is 33.0 Å². The maximum Gasteiger partial charge on any atom is 0.332 e. The van der Waals surface area contributed by atoms with E-state index in [9.17, 15) is 15.0 Å². The number of aromatic hydroxyl groups is 2. The molecule has 7 heterocycles. The largest absolute Gasteiger partial charge is 0.508 e. The van der Waals surface area contributed by atoms with Crippen LogP contribution < -0.4 is 14.2 Å². The molecule has 0 aromatic heterocycles. The molecule has 0 amide bonds. The Labute approximate surface area is 297 Å². The molecule has 1 spiro atoms. The van der Waals surface area contributed by atoms with Crippen LogP contribution in [0.4, 0.5) is 0 Å². The van der Waals surface area contributed by atoms with Crippen molar-refractivity contribution < 1.29 is 34.0 Å². The molecule has 3 aromatic carbocycles. The van der Waals surface area contributed by atoms with Gasteiger partial charge in [-0.1, -0.05) is 6.07 Å². The van der Waals surface area contributed by atoms with Gasteiger partial charge in [0.25, 0.3) is 0 Å². The minimum absolute atomic E-state index is 0.0710. The SMILES string of the molecule is COc1c(C)cc2c(c1O)[C@@H]1C3[C@@H]4SC[C@]5(C(=O)OC[C@@H](c6c7c(c(C)c(C)c64)OCO7)N3C[C@H](C2)N1C)c1cc(C)c(O)cc1CCN5C. The highest BCUT2D eigenvalue weighted by atomic mass is 32.2. The van der Waals surface area contributed by atoms with Crippen LogP contribution in [0.2, 0.25) is 0 Å². The zero-order chi connectivity index (χ0) is 35.0. The minimum atomic E-state index is -1.05. The van der Waals surface area contributed by atoms with Gasteiger partial charge < -0.3 is 29.2 Å². The molecule has 1 unspecified atom stereocenters. The van der Waals surface area contributed by atoms with E-state index in [-0.39, 0.29) is 60.3 Å². The van der Waals surface area contributed by atoms with Gasteiger partial charge in [-0.15, -0.1) is 11.8 Å². The van der Waals surface area contributed by atoms with Gasteiger partial charge in [-0.05, 0) is 111 Å².